The highest BCUT2D eigenvalue weighted by Crippen LogP contribution is 2.37. The molecule has 0 saturated heterocycles. The van der Waals surface area contributed by atoms with E-state index in [-0.39, 0.29) is 11.0 Å². The molecular weight excluding hydrogens is 482 g/mol. The van der Waals surface area contributed by atoms with Crippen LogP contribution in [0.2, 0.25) is 5.02 Å². The molecule has 0 radical (unpaired) electrons. The molecule has 1 heterocycles. The Morgan fingerprint density at radius 1 is 1.26 bits per heavy atom. The average Bonchev–Trinajstić information content (AvgIpc) is 2.71. The Morgan fingerprint density at radius 2 is 2.00 bits per heavy atom. The number of fused-ring (bicyclic) bond motifs is 1. The van der Waals surface area contributed by atoms with Crippen LogP contribution >= 0.6 is 27.5 Å². The van der Waals surface area contributed by atoms with E-state index in [1.54, 1.807) is 31.5 Å². The van der Waals surface area contributed by atoms with Gasteiger partial charge in [0.2, 0.25) is 0 Å². The molecule has 31 heavy (non-hydrogen) atoms. The number of benzene rings is 2. The fourth-order valence-electron chi connectivity index (χ4n) is 2.91. The summed E-state index contributed by atoms with van der Waals surface area (Å²) in [5.74, 6) is 1.56. The Hall–Kier alpha value is -2.38. The maximum absolute atomic E-state index is 13.0. The summed E-state index contributed by atoms with van der Waals surface area (Å²) in [6.45, 7) is 8.65. The van der Waals surface area contributed by atoms with Gasteiger partial charge in [0, 0.05) is 10.9 Å². The molecule has 0 amide bonds. The van der Waals surface area contributed by atoms with Gasteiger partial charge < -0.3 is 9.47 Å². The van der Waals surface area contributed by atoms with Crippen molar-refractivity contribution in [3.8, 4) is 11.5 Å². The maximum Gasteiger partial charge on any atom is 0.282 e. The molecule has 0 aliphatic carbocycles. The van der Waals surface area contributed by atoms with Crippen LogP contribution in [0.25, 0.3) is 10.9 Å². The first-order valence-electron chi connectivity index (χ1n) is 9.89. The van der Waals surface area contributed by atoms with Crippen molar-refractivity contribution in [3.05, 3.63) is 61.6 Å². The highest BCUT2D eigenvalue weighted by atomic mass is 79.9. The Morgan fingerprint density at radius 3 is 2.65 bits per heavy atom. The first-order valence-corrected chi connectivity index (χ1v) is 11.1. The molecule has 2 aromatic carbocycles. The van der Waals surface area contributed by atoms with Gasteiger partial charge in [0.15, 0.2) is 11.5 Å². The number of methoxy groups -OCH3 is 1. The molecule has 3 aromatic rings. The van der Waals surface area contributed by atoms with E-state index in [0.29, 0.717) is 51.8 Å². The summed E-state index contributed by atoms with van der Waals surface area (Å²) in [5, 5.41) is 5.31. The van der Waals surface area contributed by atoms with Crippen molar-refractivity contribution in [2.45, 2.75) is 34.1 Å². The predicted octanol–water partition coefficient (Wildman–Crippen LogP) is 5.69. The van der Waals surface area contributed by atoms with Crippen molar-refractivity contribution < 1.29 is 9.47 Å². The number of aryl methyl sites for hydroxylation is 1. The summed E-state index contributed by atoms with van der Waals surface area (Å²) in [4.78, 5) is 17.6. The number of rotatable bonds is 6. The van der Waals surface area contributed by atoms with E-state index < -0.39 is 0 Å². The zero-order valence-corrected chi connectivity index (χ0v) is 20.5. The quantitative estimate of drug-likeness (QED) is 0.403. The number of halogens is 2. The highest BCUT2D eigenvalue weighted by molar-refractivity contribution is 9.10. The van der Waals surface area contributed by atoms with Crippen LogP contribution in [0.5, 0.6) is 11.5 Å². The summed E-state index contributed by atoms with van der Waals surface area (Å²) >= 11 is 9.86. The third-order valence-electron chi connectivity index (χ3n) is 4.42. The lowest BCUT2D eigenvalue weighted by Gasteiger charge is -2.21. The fourth-order valence-corrected chi connectivity index (χ4v) is 3.54. The van der Waals surface area contributed by atoms with Gasteiger partial charge in [-0.05, 0) is 41.3 Å². The van der Waals surface area contributed by atoms with E-state index in [1.165, 1.54) is 4.68 Å². The summed E-state index contributed by atoms with van der Waals surface area (Å²) < 4.78 is 13.5. The molecule has 0 aliphatic heterocycles. The minimum atomic E-state index is -0.234. The molecule has 0 atom stereocenters. The minimum absolute atomic E-state index is 0.0235. The topological polar surface area (TPSA) is 65.7 Å². The van der Waals surface area contributed by atoms with Crippen LogP contribution in [0.15, 0.2) is 44.7 Å². The van der Waals surface area contributed by atoms with Crippen molar-refractivity contribution in [2.75, 3.05) is 13.7 Å². The Bertz CT molecular complexity index is 1200. The van der Waals surface area contributed by atoms with E-state index in [0.717, 1.165) is 4.47 Å². The lowest BCUT2D eigenvalue weighted by molar-refractivity contribution is 0.191. The first-order chi connectivity index (χ1) is 14.6. The van der Waals surface area contributed by atoms with Gasteiger partial charge in [-0.15, -0.1) is 0 Å². The van der Waals surface area contributed by atoms with Gasteiger partial charge >= 0.3 is 0 Å². The monoisotopic (exact) mass is 505 g/mol. The van der Waals surface area contributed by atoms with Gasteiger partial charge in [-0.3, -0.25) is 4.79 Å². The van der Waals surface area contributed by atoms with Gasteiger partial charge in [0.1, 0.15) is 5.82 Å². The van der Waals surface area contributed by atoms with Gasteiger partial charge in [0.05, 0.1) is 35.9 Å². The second kappa shape index (κ2) is 9.40. The first kappa shape index (κ1) is 23.3. The molecule has 8 heteroatoms. The van der Waals surface area contributed by atoms with Crippen LogP contribution in [-0.2, 0) is 6.42 Å². The average molecular weight is 507 g/mol. The van der Waals surface area contributed by atoms with Crippen molar-refractivity contribution in [1.82, 2.24) is 9.66 Å². The van der Waals surface area contributed by atoms with Gasteiger partial charge in [-0.25, -0.2) is 4.98 Å². The Kier molecular flexibility index (Phi) is 7.06. The molecule has 6 nitrogen and oxygen atoms in total. The van der Waals surface area contributed by atoms with Crippen molar-refractivity contribution in [1.29, 1.82) is 0 Å². The highest BCUT2D eigenvalue weighted by Gasteiger charge is 2.17. The number of aromatic nitrogens is 2. The number of hydrogen-bond donors (Lipinski definition) is 0. The lowest BCUT2D eigenvalue weighted by Crippen LogP contribution is -2.22. The lowest BCUT2D eigenvalue weighted by atomic mass is 9.99. The predicted molar refractivity (Wildman–Crippen MR) is 129 cm³/mol. The van der Waals surface area contributed by atoms with Crippen molar-refractivity contribution in [2.24, 2.45) is 10.5 Å². The number of ether oxygens (including phenoxy) is 2. The van der Waals surface area contributed by atoms with Crippen LogP contribution in [0.3, 0.4) is 0 Å². The third-order valence-corrected chi connectivity index (χ3v) is 5.19. The van der Waals surface area contributed by atoms with Crippen LogP contribution in [0, 0.1) is 5.41 Å². The smallest absolute Gasteiger partial charge is 0.282 e. The van der Waals surface area contributed by atoms with E-state index in [1.807, 2.05) is 19.1 Å². The van der Waals surface area contributed by atoms with Gasteiger partial charge in [-0.2, -0.15) is 9.78 Å². The Labute approximate surface area is 195 Å². The fraction of sp³-hybridized carbons (Fsp3) is 0.348. The molecule has 164 valence electrons. The van der Waals surface area contributed by atoms with Crippen molar-refractivity contribution >= 4 is 44.6 Å². The molecule has 0 saturated carbocycles. The molecule has 1 aromatic heterocycles. The number of hydrogen-bond acceptors (Lipinski definition) is 5. The van der Waals surface area contributed by atoms with Crippen LogP contribution < -0.4 is 15.0 Å². The maximum atomic E-state index is 13.0. The summed E-state index contributed by atoms with van der Waals surface area (Å²) in [5.41, 5.74) is 1.06. The zero-order valence-electron chi connectivity index (χ0n) is 18.2. The van der Waals surface area contributed by atoms with Gasteiger partial charge in [0.25, 0.3) is 5.56 Å². The Balaban J connectivity index is 2.01. The zero-order chi connectivity index (χ0) is 22.8. The van der Waals surface area contributed by atoms with Crippen LogP contribution in [-0.4, -0.2) is 29.6 Å². The van der Waals surface area contributed by atoms with Crippen molar-refractivity contribution in [3.63, 3.8) is 0 Å². The van der Waals surface area contributed by atoms with E-state index in [4.69, 9.17) is 21.1 Å². The second-order valence-electron chi connectivity index (χ2n) is 8.29. The third kappa shape index (κ3) is 5.46. The SMILES string of the molecule is CCc1nc2ccc(Br)cc2c(=O)n1N=Cc1cc(Cl)c(OCC(C)(C)C)c(OC)c1. The van der Waals surface area contributed by atoms with E-state index in [2.05, 4.69) is 46.8 Å². The second-order valence-corrected chi connectivity index (χ2v) is 9.61. The molecule has 0 fully saturated rings. The molecule has 0 bridgehead atoms. The summed E-state index contributed by atoms with van der Waals surface area (Å²) in [6, 6.07) is 8.92. The molecule has 3 rings (SSSR count). The van der Waals surface area contributed by atoms with Crippen LogP contribution in [0.1, 0.15) is 39.1 Å². The number of nitrogens with zero attached hydrogens (tertiary/aromatic N) is 3. The minimum Gasteiger partial charge on any atom is -0.493 e. The van der Waals surface area contributed by atoms with Gasteiger partial charge in [-0.1, -0.05) is 55.2 Å². The largest absolute Gasteiger partial charge is 0.493 e. The molecule has 0 N–H and O–H groups in total. The normalized spacial score (nSPS) is 12.0. The van der Waals surface area contributed by atoms with E-state index in [9.17, 15) is 4.79 Å². The van der Waals surface area contributed by atoms with Crippen LogP contribution in [0.4, 0.5) is 0 Å². The molecule has 0 spiro atoms. The summed E-state index contributed by atoms with van der Waals surface area (Å²) in [7, 11) is 1.56. The standard InChI is InChI=1S/C23H25BrClN3O3/c1-6-20-27-18-8-7-15(24)11-16(18)22(29)28(20)26-12-14-9-17(25)21(19(10-14)30-5)31-13-23(2,3)4/h7-12H,6,13H2,1-5H3. The molecular formula is C23H25BrClN3O3. The van der Waals surface area contributed by atoms with E-state index >= 15 is 0 Å². The molecule has 0 aliphatic rings. The molecule has 0 unspecified atom stereocenters. The summed E-state index contributed by atoms with van der Waals surface area (Å²) in [6.07, 6.45) is 2.12.